The highest BCUT2D eigenvalue weighted by molar-refractivity contribution is 5.83. The lowest BCUT2D eigenvalue weighted by Crippen LogP contribution is -2.46. The maximum atomic E-state index is 12.2. The number of nitrogens with one attached hydrogen (secondary N) is 1. The summed E-state index contributed by atoms with van der Waals surface area (Å²) < 4.78 is 10.4. The van der Waals surface area contributed by atoms with Gasteiger partial charge in [-0.1, -0.05) is 12.1 Å². The van der Waals surface area contributed by atoms with Crippen LogP contribution in [0.25, 0.3) is 0 Å². The van der Waals surface area contributed by atoms with Gasteiger partial charge in [0.25, 0.3) is 0 Å². The summed E-state index contributed by atoms with van der Waals surface area (Å²) >= 11 is 0. The molecule has 6 nitrogen and oxygen atoms in total. The highest BCUT2D eigenvalue weighted by Gasteiger charge is 2.29. The predicted molar refractivity (Wildman–Crippen MR) is 95.5 cm³/mol. The van der Waals surface area contributed by atoms with Gasteiger partial charge in [-0.3, -0.25) is 9.59 Å². The third-order valence-corrected chi connectivity index (χ3v) is 4.45. The van der Waals surface area contributed by atoms with Crippen LogP contribution >= 0.6 is 0 Å². The minimum atomic E-state index is -0.129. The van der Waals surface area contributed by atoms with E-state index in [1.54, 1.807) is 12.0 Å². The van der Waals surface area contributed by atoms with Crippen molar-refractivity contribution in [1.82, 2.24) is 10.2 Å². The van der Waals surface area contributed by atoms with E-state index in [1.807, 2.05) is 31.2 Å². The summed E-state index contributed by atoms with van der Waals surface area (Å²) in [6, 6.07) is 7.85. The lowest BCUT2D eigenvalue weighted by molar-refractivity contribution is -0.138. The van der Waals surface area contributed by atoms with Crippen molar-refractivity contribution in [2.45, 2.75) is 26.2 Å². The number of benzene rings is 1. The molecule has 138 valence electrons. The van der Waals surface area contributed by atoms with E-state index in [4.69, 9.17) is 9.47 Å². The molecule has 0 aliphatic carbocycles. The number of nitrogens with zero attached hydrogens (tertiary/aromatic N) is 1. The maximum Gasteiger partial charge on any atom is 0.224 e. The predicted octanol–water partition coefficient (Wildman–Crippen LogP) is 1.63. The molecule has 2 amide bonds. The molecule has 1 unspecified atom stereocenters. The first kappa shape index (κ1) is 19.2. The average molecular weight is 348 g/mol. The molecule has 1 aromatic rings. The highest BCUT2D eigenvalue weighted by Crippen LogP contribution is 2.19. The summed E-state index contributed by atoms with van der Waals surface area (Å²) in [7, 11) is 1.64. The van der Waals surface area contributed by atoms with Crippen LogP contribution in [0.4, 0.5) is 0 Å². The van der Waals surface area contributed by atoms with E-state index >= 15 is 0 Å². The van der Waals surface area contributed by atoms with Crippen LogP contribution in [0.2, 0.25) is 0 Å². The summed E-state index contributed by atoms with van der Waals surface area (Å²) in [5, 5.41) is 2.89. The highest BCUT2D eigenvalue weighted by atomic mass is 16.5. The average Bonchev–Trinajstić information content (AvgIpc) is 2.65. The van der Waals surface area contributed by atoms with Gasteiger partial charge in [0, 0.05) is 32.7 Å². The van der Waals surface area contributed by atoms with Crippen LogP contribution in [0.1, 0.15) is 25.3 Å². The van der Waals surface area contributed by atoms with Crippen LogP contribution in [-0.4, -0.2) is 56.7 Å². The summed E-state index contributed by atoms with van der Waals surface area (Å²) in [4.78, 5) is 26.2. The first-order valence-electron chi connectivity index (χ1n) is 8.90. The molecule has 1 aliphatic rings. The van der Waals surface area contributed by atoms with E-state index in [2.05, 4.69) is 5.32 Å². The lowest BCUT2D eigenvalue weighted by Gasteiger charge is -2.32. The van der Waals surface area contributed by atoms with E-state index < -0.39 is 0 Å². The van der Waals surface area contributed by atoms with E-state index in [0.29, 0.717) is 45.7 Å². The molecule has 1 atom stereocenters. The van der Waals surface area contributed by atoms with Gasteiger partial charge in [-0.15, -0.1) is 0 Å². The Labute approximate surface area is 149 Å². The molecule has 0 radical (unpaired) electrons. The number of hydrogen-bond acceptors (Lipinski definition) is 4. The summed E-state index contributed by atoms with van der Waals surface area (Å²) in [5.41, 5.74) is 1.15. The molecular formula is C19H28N2O4. The molecule has 1 N–H and O–H groups in total. The Kier molecular flexibility index (Phi) is 7.73. The first-order chi connectivity index (χ1) is 12.1. The van der Waals surface area contributed by atoms with Crippen molar-refractivity contribution < 1.29 is 19.1 Å². The lowest BCUT2D eigenvalue weighted by atomic mass is 9.96. The molecule has 6 heteroatoms. The van der Waals surface area contributed by atoms with Gasteiger partial charge in [0.1, 0.15) is 5.75 Å². The Balaban J connectivity index is 1.80. The Morgan fingerprint density at radius 3 is 2.76 bits per heavy atom. The second kappa shape index (κ2) is 10.0. The molecule has 1 saturated heterocycles. The van der Waals surface area contributed by atoms with Crippen molar-refractivity contribution >= 4 is 11.8 Å². The third kappa shape index (κ3) is 6.05. The number of piperidine rings is 1. The number of amides is 2. The van der Waals surface area contributed by atoms with Gasteiger partial charge in [-0.25, -0.2) is 0 Å². The summed E-state index contributed by atoms with van der Waals surface area (Å²) in [5.74, 6) is 0.838. The topological polar surface area (TPSA) is 67.9 Å². The van der Waals surface area contributed by atoms with Gasteiger partial charge >= 0.3 is 0 Å². The fourth-order valence-electron chi connectivity index (χ4n) is 2.94. The van der Waals surface area contributed by atoms with E-state index in [9.17, 15) is 9.59 Å². The van der Waals surface area contributed by atoms with Gasteiger partial charge in [0.05, 0.1) is 19.6 Å². The van der Waals surface area contributed by atoms with Crippen LogP contribution < -0.4 is 10.1 Å². The van der Waals surface area contributed by atoms with Crippen LogP contribution in [0.3, 0.4) is 0 Å². The molecule has 1 heterocycles. The molecule has 0 bridgehead atoms. The smallest absolute Gasteiger partial charge is 0.224 e. The second-order valence-electron chi connectivity index (χ2n) is 6.16. The van der Waals surface area contributed by atoms with Crippen LogP contribution in [0, 0.1) is 5.92 Å². The SMILES string of the molecule is CCOCCNC(=O)C1CCC(=O)N(CCc2ccc(OC)cc2)C1. The molecule has 2 rings (SSSR count). The molecule has 1 aromatic carbocycles. The van der Waals surface area contributed by atoms with Crippen LogP contribution in [-0.2, 0) is 20.7 Å². The standard InChI is InChI=1S/C19H28N2O4/c1-3-25-13-11-20-19(23)16-6-9-18(22)21(14-16)12-10-15-4-7-17(24-2)8-5-15/h4-5,7-8,16H,3,6,9-14H2,1-2H3,(H,20,23). The van der Waals surface area contributed by atoms with Gasteiger partial charge in [0.2, 0.25) is 11.8 Å². The largest absolute Gasteiger partial charge is 0.497 e. The maximum absolute atomic E-state index is 12.2. The van der Waals surface area contributed by atoms with Gasteiger partial charge in [-0.05, 0) is 37.5 Å². The summed E-state index contributed by atoms with van der Waals surface area (Å²) in [6.07, 6.45) is 1.83. The Morgan fingerprint density at radius 1 is 1.32 bits per heavy atom. The van der Waals surface area contributed by atoms with Crippen molar-refractivity contribution in [3.63, 3.8) is 0 Å². The molecular weight excluding hydrogens is 320 g/mol. The normalized spacial score (nSPS) is 17.4. The molecule has 0 spiro atoms. The van der Waals surface area contributed by atoms with Crippen molar-refractivity contribution in [1.29, 1.82) is 0 Å². The number of methoxy groups -OCH3 is 1. The molecule has 0 aromatic heterocycles. The Morgan fingerprint density at radius 2 is 2.08 bits per heavy atom. The number of rotatable bonds is 9. The molecule has 1 fully saturated rings. The third-order valence-electron chi connectivity index (χ3n) is 4.45. The monoisotopic (exact) mass is 348 g/mol. The van der Waals surface area contributed by atoms with Crippen molar-refractivity contribution in [3.8, 4) is 5.75 Å². The van der Waals surface area contributed by atoms with Crippen LogP contribution in [0.15, 0.2) is 24.3 Å². The van der Waals surface area contributed by atoms with E-state index in [-0.39, 0.29) is 17.7 Å². The summed E-state index contributed by atoms with van der Waals surface area (Å²) in [6.45, 7) is 4.74. The van der Waals surface area contributed by atoms with E-state index in [0.717, 1.165) is 17.7 Å². The van der Waals surface area contributed by atoms with Crippen molar-refractivity contribution in [3.05, 3.63) is 29.8 Å². The number of hydrogen-bond donors (Lipinski definition) is 1. The number of carbonyl (C=O) groups excluding carboxylic acids is 2. The fourth-order valence-corrected chi connectivity index (χ4v) is 2.94. The first-order valence-corrected chi connectivity index (χ1v) is 8.90. The van der Waals surface area contributed by atoms with Crippen molar-refractivity contribution in [2.75, 3.05) is 40.0 Å². The molecule has 0 saturated carbocycles. The minimum Gasteiger partial charge on any atom is -0.497 e. The quantitative estimate of drug-likeness (QED) is 0.689. The second-order valence-corrected chi connectivity index (χ2v) is 6.16. The Bertz CT molecular complexity index is 559. The number of ether oxygens (including phenoxy) is 2. The zero-order valence-electron chi connectivity index (χ0n) is 15.1. The Hall–Kier alpha value is -2.08. The fraction of sp³-hybridized carbons (Fsp3) is 0.579. The zero-order valence-corrected chi connectivity index (χ0v) is 15.1. The zero-order chi connectivity index (χ0) is 18.1. The van der Waals surface area contributed by atoms with Gasteiger partial charge in [-0.2, -0.15) is 0 Å². The molecule has 1 aliphatic heterocycles. The van der Waals surface area contributed by atoms with Gasteiger partial charge in [0.15, 0.2) is 0 Å². The van der Waals surface area contributed by atoms with Crippen LogP contribution in [0.5, 0.6) is 5.75 Å². The number of carbonyl (C=O) groups is 2. The minimum absolute atomic E-state index is 0.0154. The van der Waals surface area contributed by atoms with Crippen molar-refractivity contribution in [2.24, 2.45) is 5.92 Å². The molecule has 25 heavy (non-hydrogen) atoms. The van der Waals surface area contributed by atoms with E-state index in [1.165, 1.54) is 0 Å². The number of likely N-dealkylation sites (tertiary alicyclic amines) is 1. The van der Waals surface area contributed by atoms with Gasteiger partial charge < -0.3 is 19.7 Å².